The number of rotatable bonds is 5. The van der Waals surface area contributed by atoms with E-state index in [1.807, 2.05) is 13.8 Å². The molecule has 96 valence electrons. The number of nitrogens with one attached hydrogen (secondary N) is 2. The molecular weight excluding hydrogens is 226 g/mol. The monoisotopic (exact) mass is 249 g/mol. The molecule has 5 heteroatoms. The molecule has 1 amide bonds. The summed E-state index contributed by atoms with van der Waals surface area (Å²) in [7, 11) is 0. The highest BCUT2D eigenvalue weighted by Gasteiger charge is 2.11. The highest BCUT2D eigenvalue weighted by atomic mass is 35.5. The molecule has 1 fully saturated rings. The van der Waals surface area contributed by atoms with Gasteiger partial charge in [-0.3, -0.25) is 9.69 Å². The van der Waals surface area contributed by atoms with Crippen LogP contribution in [-0.2, 0) is 4.79 Å². The third-order valence-electron chi connectivity index (χ3n) is 3.00. The Morgan fingerprint density at radius 1 is 1.44 bits per heavy atom. The predicted molar refractivity (Wildman–Crippen MR) is 69.0 cm³/mol. The smallest absolute Gasteiger partial charge is 0.222 e. The summed E-state index contributed by atoms with van der Waals surface area (Å²) in [6, 6.07) is 0. The van der Waals surface area contributed by atoms with Gasteiger partial charge in [0.1, 0.15) is 0 Å². The Morgan fingerprint density at radius 3 is 2.62 bits per heavy atom. The number of carbonyl (C=O) groups excluding carboxylic acids is 1. The fraction of sp³-hybridized carbons (Fsp3) is 0.909. The molecule has 1 atom stereocenters. The topological polar surface area (TPSA) is 44.4 Å². The Kier molecular flexibility index (Phi) is 8.61. The Bertz CT molecular complexity index is 196. The van der Waals surface area contributed by atoms with E-state index in [0.717, 1.165) is 45.7 Å². The first-order valence-electron chi connectivity index (χ1n) is 5.94. The van der Waals surface area contributed by atoms with E-state index < -0.39 is 0 Å². The lowest BCUT2D eigenvalue weighted by Gasteiger charge is -2.27. The van der Waals surface area contributed by atoms with Crippen LogP contribution in [-0.4, -0.2) is 50.1 Å². The van der Waals surface area contributed by atoms with Crippen molar-refractivity contribution in [2.75, 3.05) is 39.3 Å². The van der Waals surface area contributed by atoms with Crippen molar-refractivity contribution in [3.8, 4) is 0 Å². The van der Waals surface area contributed by atoms with Crippen LogP contribution in [0.3, 0.4) is 0 Å². The molecule has 4 nitrogen and oxygen atoms in total. The van der Waals surface area contributed by atoms with Crippen molar-refractivity contribution in [1.29, 1.82) is 0 Å². The second kappa shape index (κ2) is 8.79. The molecule has 0 saturated carbocycles. The summed E-state index contributed by atoms with van der Waals surface area (Å²) < 4.78 is 0. The molecule has 0 radical (unpaired) electrons. The highest BCUT2D eigenvalue weighted by Crippen LogP contribution is 1.99. The predicted octanol–water partition coefficient (Wildman–Crippen LogP) is 0.476. The van der Waals surface area contributed by atoms with Gasteiger partial charge in [-0.25, -0.2) is 0 Å². The van der Waals surface area contributed by atoms with Crippen molar-refractivity contribution in [3.05, 3.63) is 0 Å². The van der Waals surface area contributed by atoms with Crippen molar-refractivity contribution in [2.24, 2.45) is 5.92 Å². The largest absolute Gasteiger partial charge is 0.355 e. The van der Waals surface area contributed by atoms with Gasteiger partial charge in [0.25, 0.3) is 0 Å². The number of piperazine rings is 1. The minimum Gasteiger partial charge on any atom is -0.355 e. The zero-order valence-electron chi connectivity index (χ0n) is 10.3. The molecule has 0 aromatic heterocycles. The number of hydrogen-bond acceptors (Lipinski definition) is 3. The Labute approximate surface area is 105 Å². The van der Waals surface area contributed by atoms with Gasteiger partial charge in [-0.1, -0.05) is 13.8 Å². The summed E-state index contributed by atoms with van der Waals surface area (Å²) >= 11 is 0. The maximum absolute atomic E-state index is 11.5. The average molecular weight is 250 g/mol. The van der Waals surface area contributed by atoms with Gasteiger partial charge >= 0.3 is 0 Å². The fourth-order valence-electron chi connectivity index (χ4n) is 1.63. The van der Waals surface area contributed by atoms with E-state index in [4.69, 9.17) is 0 Å². The minimum atomic E-state index is 0. The molecule has 1 aliphatic rings. The number of carbonyl (C=O) groups is 1. The minimum absolute atomic E-state index is 0. The first-order chi connectivity index (χ1) is 7.24. The van der Waals surface area contributed by atoms with Gasteiger partial charge in [0, 0.05) is 45.2 Å². The second-order valence-electron chi connectivity index (χ2n) is 4.19. The van der Waals surface area contributed by atoms with Crippen LogP contribution < -0.4 is 10.6 Å². The Morgan fingerprint density at radius 2 is 2.06 bits per heavy atom. The molecular formula is C11H24ClN3O. The highest BCUT2D eigenvalue weighted by molar-refractivity contribution is 5.85. The van der Waals surface area contributed by atoms with Crippen LogP contribution in [0.2, 0.25) is 0 Å². The van der Waals surface area contributed by atoms with Crippen LogP contribution in [0, 0.1) is 5.92 Å². The van der Waals surface area contributed by atoms with Gasteiger partial charge in [0.2, 0.25) is 5.91 Å². The van der Waals surface area contributed by atoms with Gasteiger partial charge in [-0.2, -0.15) is 0 Å². The van der Waals surface area contributed by atoms with Gasteiger partial charge in [0.15, 0.2) is 0 Å². The molecule has 0 aromatic carbocycles. The summed E-state index contributed by atoms with van der Waals surface area (Å²) in [5, 5.41) is 6.29. The molecule has 0 bridgehead atoms. The number of hydrogen-bond donors (Lipinski definition) is 2. The van der Waals surface area contributed by atoms with Crippen molar-refractivity contribution in [3.63, 3.8) is 0 Å². The Hall–Kier alpha value is -0.320. The first kappa shape index (κ1) is 15.7. The summed E-state index contributed by atoms with van der Waals surface area (Å²) in [6.07, 6.45) is 0.916. The summed E-state index contributed by atoms with van der Waals surface area (Å²) in [6.45, 7) is 10.1. The molecule has 1 heterocycles. The van der Waals surface area contributed by atoms with Crippen LogP contribution in [0.25, 0.3) is 0 Å². The summed E-state index contributed by atoms with van der Waals surface area (Å²) in [5.74, 6) is 0.334. The van der Waals surface area contributed by atoms with E-state index in [0.29, 0.717) is 0 Å². The van der Waals surface area contributed by atoms with Gasteiger partial charge < -0.3 is 10.6 Å². The third kappa shape index (κ3) is 5.68. The molecule has 1 saturated heterocycles. The summed E-state index contributed by atoms with van der Waals surface area (Å²) in [4.78, 5) is 13.9. The van der Waals surface area contributed by atoms with Crippen LogP contribution in [0.1, 0.15) is 20.3 Å². The van der Waals surface area contributed by atoms with Gasteiger partial charge in [0.05, 0.1) is 0 Å². The van der Waals surface area contributed by atoms with E-state index in [9.17, 15) is 4.79 Å². The third-order valence-corrected chi connectivity index (χ3v) is 3.00. The molecule has 0 spiro atoms. The van der Waals surface area contributed by atoms with E-state index in [1.165, 1.54) is 0 Å². The lowest BCUT2D eigenvalue weighted by Crippen LogP contribution is -2.46. The van der Waals surface area contributed by atoms with E-state index in [-0.39, 0.29) is 24.2 Å². The maximum atomic E-state index is 11.5. The number of amides is 1. The SMILES string of the molecule is CCC(C)C(=O)NCCN1CCNCC1.Cl. The van der Waals surface area contributed by atoms with E-state index in [2.05, 4.69) is 15.5 Å². The molecule has 0 aliphatic carbocycles. The second-order valence-corrected chi connectivity index (χ2v) is 4.19. The van der Waals surface area contributed by atoms with E-state index in [1.54, 1.807) is 0 Å². The van der Waals surface area contributed by atoms with Crippen LogP contribution >= 0.6 is 12.4 Å². The van der Waals surface area contributed by atoms with Crippen LogP contribution in [0.4, 0.5) is 0 Å². The molecule has 16 heavy (non-hydrogen) atoms. The zero-order valence-corrected chi connectivity index (χ0v) is 11.1. The average Bonchev–Trinajstić information content (AvgIpc) is 2.29. The molecule has 1 unspecified atom stereocenters. The van der Waals surface area contributed by atoms with Crippen LogP contribution in [0.5, 0.6) is 0 Å². The lowest BCUT2D eigenvalue weighted by atomic mass is 10.1. The Balaban J connectivity index is 0.00000225. The quantitative estimate of drug-likeness (QED) is 0.745. The van der Waals surface area contributed by atoms with Gasteiger partial charge in [-0.15, -0.1) is 12.4 Å². The van der Waals surface area contributed by atoms with Crippen molar-refractivity contribution >= 4 is 18.3 Å². The normalized spacial score (nSPS) is 18.6. The lowest BCUT2D eigenvalue weighted by molar-refractivity contribution is -0.124. The van der Waals surface area contributed by atoms with Crippen LogP contribution in [0.15, 0.2) is 0 Å². The fourth-order valence-corrected chi connectivity index (χ4v) is 1.63. The zero-order chi connectivity index (χ0) is 11.1. The molecule has 1 aliphatic heterocycles. The molecule has 1 rings (SSSR count). The number of nitrogens with zero attached hydrogens (tertiary/aromatic N) is 1. The maximum Gasteiger partial charge on any atom is 0.222 e. The molecule has 0 aromatic rings. The van der Waals surface area contributed by atoms with Crippen molar-refractivity contribution < 1.29 is 4.79 Å². The van der Waals surface area contributed by atoms with Crippen molar-refractivity contribution in [1.82, 2.24) is 15.5 Å². The summed E-state index contributed by atoms with van der Waals surface area (Å²) in [5.41, 5.74) is 0. The standard InChI is InChI=1S/C11H23N3O.ClH/c1-3-10(2)11(15)13-6-9-14-7-4-12-5-8-14;/h10,12H,3-9H2,1-2H3,(H,13,15);1H. The first-order valence-corrected chi connectivity index (χ1v) is 5.94. The van der Waals surface area contributed by atoms with E-state index >= 15 is 0 Å². The number of halogens is 1. The van der Waals surface area contributed by atoms with Gasteiger partial charge in [-0.05, 0) is 6.42 Å². The van der Waals surface area contributed by atoms with Crippen molar-refractivity contribution in [2.45, 2.75) is 20.3 Å². The molecule has 2 N–H and O–H groups in total.